The number of carbonyl (C=O) groups is 1. The smallest absolute Gasteiger partial charge is 0.244 e. The molecule has 1 amide bonds. The summed E-state index contributed by atoms with van der Waals surface area (Å²) in [6.07, 6.45) is 2.07. The Kier molecular flexibility index (Phi) is 1.88. The Labute approximate surface area is 79.5 Å². The van der Waals surface area contributed by atoms with Gasteiger partial charge in [-0.05, 0) is 25.7 Å². The first-order chi connectivity index (χ1) is 6.07. The third kappa shape index (κ3) is 1.26. The lowest BCUT2D eigenvalue weighted by atomic mass is 10.0. The zero-order chi connectivity index (χ0) is 9.64. The molecule has 74 valence electrons. The normalized spacial score (nSPS) is 27.4. The summed E-state index contributed by atoms with van der Waals surface area (Å²) < 4.78 is 0. The molecule has 1 aliphatic heterocycles. The van der Waals surface area contributed by atoms with Crippen LogP contribution in [0, 0.1) is 5.92 Å². The third-order valence-electron chi connectivity index (χ3n) is 3.46. The molecule has 1 spiro atoms. The summed E-state index contributed by atoms with van der Waals surface area (Å²) in [5.74, 6) is 0.869. The van der Waals surface area contributed by atoms with Gasteiger partial charge in [0.15, 0.2) is 0 Å². The molecule has 2 fully saturated rings. The number of carbonyl (C=O) groups excluding carboxylic acids is 1. The SMILES string of the molecule is CC(C)C(C)N1CNC2(CC2)C1=O. The minimum atomic E-state index is -0.122. The van der Waals surface area contributed by atoms with Crippen molar-refractivity contribution in [3.05, 3.63) is 0 Å². The highest BCUT2D eigenvalue weighted by atomic mass is 16.2. The summed E-state index contributed by atoms with van der Waals surface area (Å²) in [5.41, 5.74) is -0.122. The van der Waals surface area contributed by atoms with Crippen molar-refractivity contribution in [1.29, 1.82) is 0 Å². The van der Waals surface area contributed by atoms with Crippen LogP contribution in [0.1, 0.15) is 33.6 Å². The second-order valence-electron chi connectivity index (χ2n) is 4.68. The van der Waals surface area contributed by atoms with Crippen molar-refractivity contribution >= 4 is 5.91 Å². The lowest BCUT2D eigenvalue weighted by Crippen LogP contribution is -2.40. The van der Waals surface area contributed by atoms with Gasteiger partial charge in [0.25, 0.3) is 0 Å². The van der Waals surface area contributed by atoms with Gasteiger partial charge in [-0.25, -0.2) is 0 Å². The molecule has 3 heteroatoms. The molecule has 0 bridgehead atoms. The summed E-state index contributed by atoms with van der Waals surface area (Å²) in [6.45, 7) is 7.20. The number of hydrogen-bond acceptors (Lipinski definition) is 2. The van der Waals surface area contributed by atoms with Gasteiger partial charge in [0.05, 0.1) is 12.2 Å². The van der Waals surface area contributed by atoms with Gasteiger partial charge in [0.2, 0.25) is 5.91 Å². The molecule has 1 atom stereocenters. The Hall–Kier alpha value is -0.570. The third-order valence-corrected chi connectivity index (χ3v) is 3.46. The van der Waals surface area contributed by atoms with E-state index in [-0.39, 0.29) is 5.54 Å². The zero-order valence-corrected chi connectivity index (χ0v) is 8.63. The summed E-state index contributed by atoms with van der Waals surface area (Å²) >= 11 is 0. The van der Waals surface area contributed by atoms with Crippen LogP contribution < -0.4 is 5.32 Å². The second-order valence-corrected chi connectivity index (χ2v) is 4.68. The van der Waals surface area contributed by atoms with Crippen molar-refractivity contribution in [3.63, 3.8) is 0 Å². The molecule has 1 saturated carbocycles. The van der Waals surface area contributed by atoms with E-state index < -0.39 is 0 Å². The minimum absolute atomic E-state index is 0.122. The van der Waals surface area contributed by atoms with Gasteiger partial charge in [-0.15, -0.1) is 0 Å². The van der Waals surface area contributed by atoms with E-state index in [2.05, 4.69) is 26.1 Å². The van der Waals surface area contributed by atoms with E-state index in [1.165, 1.54) is 0 Å². The predicted octanol–water partition coefficient (Wildman–Crippen LogP) is 0.953. The largest absolute Gasteiger partial charge is 0.325 e. The van der Waals surface area contributed by atoms with Gasteiger partial charge in [-0.1, -0.05) is 13.8 Å². The summed E-state index contributed by atoms with van der Waals surface area (Å²) in [7, 11) is 0. The van der Waals surface area contributed by atoms with E-state index in [4.69, 9.17) is 0 Å². The van der Waals surface area contributed by atoms with Crippen molar-refractivity contribution in [2.75, 3.05) is 6.67 Å². The predicted molar refractivity (Wildman–Crippen MR) is 51.1 cm³/mol. The average molecular weight is 182 g/mol. The Morgan fingerprint density at radius 2 is 2.00 bits per heavy atom. The second kappa shape index (κ2) is 2.71. The van der Waals surface area contributed by atoms with E-state index in [1.54, 1.807) is 0 Å². The quantitative estimate of drug-likeness (QED) is 0.689. The van der Waals surface area contributed by atoms with E-state index in [1.807, 2.05) is 4.90 Å². The van der Waals surface area contributed by atoms with Crippen LogP contribution in [0.2, 0.25) is 0 Å². The van der Waals surface area contributed by atoms with Crippen LogP contribution >= 0.6 is 0 Å². The van der Waals surface area contributed by atoms with E-state index in [9.17, 15) is 4.79 Å². The molecule has 0 aromatic carbocycles. The van der Waals surface area contributed by atoms with Crippen molar-refractivity contribution in [2.24, 2.45) is 5.92 Å². The van der Waals surface area contributed by atoms with Gasteiger partial charge < -0.3 is 4.90 Å². The summed E-state index contributed by atoms with van der Waals surface area (Å²) in [5, 5.41) is 3.32. The fourth-order valence-electron chi connectivity index (χ4n) is 1.86. The van der Waals surface area contributed by atoms with Gasteiger partial charge in [0.1, 0.15) is 0 Å². The number of nitrogens with zero attached hydrogens (tertiary/aromatic N) is 1. The Morgan fingerprint density at radius 1 is 1.38 bits per heavy atom. The number of amides is 1. The van der Waals surface area contributed by atoms with E-state index >= 15 is 0 Å². The van der Waals surface area contributed by atoms with Crippen LogP contribution in [-0.2, 0) is 4.79 Å². The standard InChI is InChI=1S/C10H18N2O/c1-7(2)8(3)12-6-11-10(4-5-10)9(12)13/h7-8,11H,4-6H2,1-3H3. The lowest BCUT2D eigenvalue weighted by molar-refractivity contribution is -0.132. The number of hydrogen-bond donors (Lipinski definition) is 1. The van der Waals surface area contributed by atoms with Gasteiger partial charge in [-0.3, -0.25) is 10.1 Å². The molecule has 2 rings (SSSR count). The average Bonchev–Trinajstić information content (AvgIpc) is 2.77. The molecule has 0 aromatic heterocycles. The van der Waals surface area contributed by atoms with Gasteiger partial charge >= 0.3 is 0 Å². The fraction of sp³-hybridized carbons (Fsp3) is 0.900. The molecule has 1 N–H and O–H groups in total. The van der Waals surface area contributed by atoms with E-state index in [0.717, 1.165) is 19.5 Å². The molecule has 13 heavy (non-hydrogen) atoms. The summed E-state index contributed by atoms with van der Waals surface area (Å²) in [6, 6.07) is 0.361. The monoisotopic (exact) mass is 182 g/mol. The highest BCUT2D eigenvalue weighted by molar-refractivity contribution is 5.91. The van der Waals surface area contributed by atoms with Crippen molar-refractivity contribution in [3.8, 4) is 0 Å². The Bertz CT molecular complexity index is 233. The van der Waals surface area contributed by atoms with Gasteiger partial charge in [-0.2, -0.15) is 0 Å². The molecule has 2 aliphatic rings. The minimum Gasteiger partial charge on any atom is -0.325 e. The van der Waals surface area contributed by atoms with E-state index in [0.29, 0.717) is 17.9 Å². The maximum absolute atomic E-state index is 11.9. The number of nitrogens with one attached hydrogen (secondary N) is 1. The van der Waals surface area contributed by atoms with Crippen molar-refractivity contribution < 1.29 is 4.79 Å². The summed E-state index contributed by atoms with van der Waals surface area (Å²) in [4.78, 5) is 13.9. The topological polar surface area (TPSA) is 32.3 Å². The van der Waals surface area contributed by atoms with Crippen molar-refractivity contribution in [1.82, 2.24) is 10.2 Å². The molecule has 3 nitrogen and oxygen atoms in total. The van der Waals surface area contributed by atoms with Crippen LogP contribution in [0.15, 0.2) is 0 Å². The van der Waals surface area contributed by atoms with Crippen LogP contribution in [0.25, 0.3) is 0 Å². The Balaban J connectivity index is 2.06. The van der Waals surface area contributed by atoms with Crippen LogP contribution in [0.3, 0.4) is 0 Å². The molecule has 1 unspecified atom stereocenters. The Morgan fingerprint density at radius 3 is 2.38 bits per heavy atom. The molecule has 1 aliphatic carbocycles. The molecule has 1 saturated heterocycles. The first-order valence-electron chi connectivity index (χ1n) is 5.13. The highest BCUT2D eigenvalue weighted by Crippen LogP contribution is 2.41. The van der Waals surface area contributed by atoms with Crippen LogP contribution in [-0.4, -0.2) is 29.1 Å². The molecule has 0 aromatic rings. The zero-order valence-electron chi connectivity index (χ0n) is 8.63. The molecule has 1 heterocycles. The molecule has 0 radical (unpaired) electrons. The lowest BCUT2D eigenvalue weighted by Gasteiger charge is -2.27. The first-order valence-corrected chi connectivity index (χ1v) is 5.13. The first kappa shape index (κ1) is 9.00. The van der Waals surface area contributed by atoms with Gasteiger partial charge in [0, 0.05) is 6.04 Å². The molecular weight excluding hydrogens is 164 g/mol. The molecular formula is C10H18N2O. The highest BCUT2D eigenvalue weighted by Gasteiger charge is 2.56. The maximum Gasteiger partial charge on any atom is 0.244 e. The van der Waals surface area contributed by atoms with Crippen LogP contribution in [0.4, 0.5) is 0 Å². The maximum atomic E-state index is 11.9. The number of rotatable bonds is 2. The van der Waals surface area contributed by atoms with Crippen LogP contribution in [0.5, 0.6) is 0 Å². The van der Waals surface area contributed by atoms with Crippen molar-refractivity contribution in [2.45, 2.75) is 45.2 Å². The fourth-order valence-corrected chi connectivity index (χ4v) is 1.86.